The van der Waals surface area contributed by atoms with Gasteiger partial charge in [0.2, 0.25) is 0 Å². The normalized spacial score (nSPS) is 20.1. The first-order valence-corrected chi connectivity index (χ1v) is 12.3. The van der Waals surface area contributed by atoms with E-state index in [2.05, 4.69) is 90.9 Å². The third kappa shape index (κ3) is 4.44. The summed E-state index contributed by atoms with van der Waals surface area (Å²) in [5.41, 5.74) is 6.72. The molecule has 32 heavy (non-hydrogen) atoms. The topological polar surface area (TPSA) is 44.7 Å². The highest BCUT2D eigenvalue weighted by Gasteiger charge is 2.33. The Labute approximate surface area is 203 Å². The average molecular weight is 511 g/mol. The summed E-state index contributed by atoms with van der Waals surface area (Å²) >= 11 is 4.81. The fraction of sp³-hybridized carbons (Fsp3) is 0.308. The molecule has 0 unspecified atom stereocenters. The standard InChI is InChI=1S/C26H28BrN3OS/c1-15(2)30-22-11-16(3)18(12-21(22)17(4)14-26(30,5)6)13-23-24(31)29-25(32-23)28-20-9-7-19(27)8-10-20/h7-15H,1-6H3,(H,28,29,31)/b23-13-. The summed E-state index contributed by atoms with van der Waals surface area (Å²) in [6, 6.07) is 12.6. The van der Waals surface area contributed by atoms with Gasteiger partial charge in [-0.2, -0.15) is 0 Å². The third-order valence-corrected chi connectivity index (χ3v) is 7.21. The lowest BCUT2D eigenvalue weighted by molar-refractivity contribution is -0.115. The van der Waals surface area contributed by atoms with Gasteiger partial charge in [-0.3, -0.25) is 4.79 Å². The van der Waals surface area contributed by atoms with Crippen molar-refractivity contribution >= 4 is 61.8 Å². The Morgan fingerprint density at radius 1 is 1.16 bits per heavy atom. The van der Waals surface area contributed by atoms with Crippen LogP contribution in [0, 0.1) is 6.92 Å². The average Bonchev–Trinajstić information content (AvgIpc) is 3.02. The van der Waals surface area contributed by atoms with Crippen LogP contribution in [0.25, 0.3) is 11.6 Å². The van der Waals surface area contributed by atoms with E-state index >= 15 is 0 Å². The van der Waals surface area contributed by atoms with Gasteiger partial charge in [-0.05, 0) is 112 Å². The number of amides is 1. The summed E-state index contributed by atoms with van der Waals surface area (Å²) in [4.78, 5) is 20.3. The van der Waals surface area contributed by atoms with E-state index in [4.69, 9.17) is 0 Å². The van der Waals surface area contributed by atoms with Gasteiger partial charge in [0.05, 0.1) is 16.1 Å². The van der Waals surface area contributed by atoms with Crippen LogP contribution in [0.4, 0.5) is 11.4 Å². The number of carbonyl (C=O) groups is 1. The molecule has 2 aliphatic rings. The molecule has 2 aliphatic heterocycles. The molecule has 0 aromatic heterocycles. The van der Waals surface area contributed by atoms with Crippen LogP contribution < -0.4 is 10.2 Å². The van der Waals surface area contributed by atoms with Gasteiger partial charge in [0.1, 0.15) is 0 Å². The molecule has 0 radical (unpaired) electrons. The third-order valence-electron chi connectivity index (χ3n) is 5.77. The Kier molecular flexibility index (Phi) is 6.12. The zero-order chi connectivity index (χ0) is 23.2. The van der Waals surface area contributed by atoms with Crippen molar-refractivity contribution in [3.05, 3.63) is 68.5 Å². The van der Waals surface area contributed by atoms with Crippen LogP contribution in [-0.4, -0.2) is 22.7 Å². The molecule has 6 heteroatoms. The molecule has 4 rings (SSSR count). The summed E-state index contributed by atoms with van der Waals surface area (Å²) in [6.07, 6.45) is 4.31. The minimum Gasteiger partial charge on any atom is -0.360 e. The zero-order valence-corrected chi connectivity index (χ0v) is 21.7. The smallest absolute Gasteiger partial charge is 0.264 e. The minimum atomic E-state index is -0.111. The molecule has 0 bridgehead atoms. The van der Waals surface area contributed by atoms with E-state index in [1.165, 1.54) is 28.6 Å². The van der Waals surface area contributed by atoms with Gasteiger partial charge in [-0.1, -0.05) is 22.0 Å². The number of aliphatic imine (C=N–C) groups is 1. The first kappa shape index (κ1) is 22.9. The van der Waals surface area contributed by atoms with Gasteiger partial charge in [0, 0.05) is 21.8 Å². The van der Waals surface area contributed by atoms with E-state index in [1.54, 1.807) is 0 Å². The van der Waals surface area contributed by atoms with E-state index in [0.717, 1.165) is 21.3 Å². The number of rotatable bonds is 3. The van der Waals surface area contributed by atoms with Crippen LogP contribution >= 0.6 is 27.7 Å². The number of nitrogens with zero attached hydrogens (tertiary/aromatic N) is 2. The maximum Gasteiger partial charge on any atom is 0.264 e. The maximum absolute atomic E-state index is 12.6. The minimum absolute atomic E-state index is 0.0444. The number of thioether (sulfide) groups is 1. The first-order valence-electron chi connectivity index (χ1n) is 10.7. The number of amidine groups is 1. The van der Waals surface area contributed by atoms with Crippen molar-refractivity contribution in [1.29, 1.82) is 0 Å². The predicted molar refractivity (Wildman–Crippen MR) is 141 cm³/mol. The van der Waals surface area contributed by atoms with E-state index in [9.17, 15) is 4.79 Å². The van der Waals surface area contributed by atoms with Gasteiger partial charge in [0.15, 0.2) is 5.17 Å². The highest BCUT2D eigenvalue weighted by atomic mass is 79.9. The van der Waals surface area contributed by atoms with Crippen molar-refractivity contribution in [2.24, 2.45) is 4.99 Å². The van der Waals surface area contributed by atoms with E-state index in [-0.39, 0.29) is 11.4 Å². The SMILES string of the molecule is CC1=CC(C)(C)N(C(C)C)c2cc(C)c(/C=C3\SC(=Nc4ccc(Br)cc4)NC3=O)cc21. The molecule has 4 nitrogen and oxygen atoms in total. The molecule has 166 valence electrons. The van der Waals surface area contributed by atoms with Crippen LogP contribution in [0.15, 0.2) is 56.8 Å². The number of benzene rings is 2. The van der Waals surface area contributed by atoms with Crippen molar-refractivity contribution in [2.45, 2.75) is 53.1 Å². The summed E-state index contributed by atoms with van der Waals surface area (Å²) < 4.78 is 0.997. The number of hydrogen-bond donors (Lipinski definition) is 1. The second kappa shape index (κ2) is 8.56. The molecule has 0 aliphatic carbocycles. The number of anilines is 1. The number of halogens is 1. The quantitative estimate of drug-likeness (QED) is 0.450. The van der Waals surface area contributed by atoms with Crippen molar-refractivity contribution in [3.8, 4) is 0 Å². The molecule has 1 saturated heterocycles. The van der Waals surface area contributed by atoms with Crippen LogP contribution in [0.1, 0.15) is 51.3 Å². The second-order valence-corrected chi connectivity index (χ2v) is 11.1. The van der Waals surface area contributed by atoms with Crippen molar-refractivity contribution < 1.29 is 4.79 Å². The molecule has 0 atom stereocenters. The van der Waals surface area contributed by atoms with E-state index < -0.39 is 0 Å². The molecular formula is C26H28BrN3OS. The summed E-state index contributed by atoms with van der Waals surface area (Å²) in [5.74, 6) is -0.111. The Morgan fingerprint density at radius 3 is 2.50 bits per heavy atom. The lowest BCUT2D eigenvalue weighted by atomic mass is 9.86. The summed E-state index contributed by atoms with van der Waals surface area (Å²) in [6.45, 7) is 13.3. The van der Waals surface area contributed by atoms with Gasteiger partial charge >= 0.3 is 0 Å². The van der Waals surface area contributed by atoms with Crippen molar-refractivity contribution in [1.82, 2.24) is 5.32 Å². The first-order chi connectivity index (χ1) is 15.0. The molecule has 0 saturated carbocycles. The second-order valence-electron chi connectivity index (χ2n) is 9.13. The monoisotopic (exact) mass is 509 g/mol. The number of allylic oxidation sites excluding steroid dienone is 1. The number of fused-ring (bicyclic) bond motifs is 1. The lowest BCUT2D eigenvalue weighted by Gasteiger charge is -2.46. The summed E-state index contributed by atoms with van der Waals surface area (Å²) in [7, 11) is 0. The van der Waals surface area contributed by atoms with Crippen LogP contribution in [0.2, 0.25) is 0 Å². The Bertz CT molecular complexity index is 1180. The molecule has 2 aromatic rings. The van der Waals surface area contributed by atoms with Crippen LogP contribution in [0.3, 0.4) is 0 Å². The molecule has 1 amide bonds. The van der Waals surface area contributed by atoms with Gasteiger partial charge in [0.25, 0.3) is 5.91 Å². The van der Waals surface area contributed by atoms with Crippen molar-refractivity contribution in [2.75, 3.05) is 4.90 Å². The zero-order valence-electron chi connectivity index (χ0n) is 19.3. The van der Waals surface area contributed by atoms with Crippen LogP contribution in [-0.2, 0) is 4.79 Å². The lowest BCUT2D eigenvalue weighted by Crippen LogP contribution is -2.49. The van der Waals surface area contributed by atoms with E-state index in [0.29, 0.717) is 16.1 Å². The fourth-order valence-corrected chi connectivity index (χ4v) is 5.66. The highest BCUT2D eigenvalue weighted by Crippen LogP contribution is 2.42. The number of hydrogen-bond acceptors (Lipinski definition) is 4. The maximum atomic E-state index is 12.6. The number of carbonyl (C=O) groups excluding carboxylic acids is 1. The molecule has 1 N–H and O–H groups in total. The predicted octanol–water partition coefficient (Wildman–Crippen LogP) is 7.06. The highest BCUT2D eigenvalue weighted by molar-refractivity contribution is 9.10. The molecule has 1 fully saturated rings. The van der Waals surface area contributed by atoms with Crippen LogP contribution in [0.5, 0.6) is 0 Å². The van der Waals surface area contributed by atoms with Gasteiger partial charge in [-0.25, -0.2) is 4.99 Å². The van der Waals surface area contributed by atoms with Gasteiger partial charge in [-0.15, -0.1) is 0 Å². The largest absolute Gasteiger partial charge is 0.360 e. The molecule has 2 heterocycles. The Balaban J connectivity index is 1.69. The molecule has 0 spiro atoms. The Hall–Kier alpha value is -2.31. The molecule has 2 aromatic carbocycles. The molecular weight excluding hydrogens is 482 g/mol. The Morgan fingerprint density at radius 2 is 1.84 bits per heavy atom. The number of nitrogens with one attached hydrogen (secondary N) is 1. The summed E-state index contributed by atoms with van der Waals surface area (Å²) in [5, 5.41) is 3.49. The van der Waals surface area contributed by atoms with E-state index in [1.807, 2.05) is 30.3 Å². The van der Waals surface area contributed by atoms with Gasteiger partial charge < -0.3 is 10.2 Å². The van der Waals surface area contributed by atoms with Crippen molar-refractivity contribution in [3.63, 3.8) is 0 Å². The fourth-order valence-electron chi connectivity index (χ4n) is 4.57. The number of aryl methyl sites for hydroxylation is 1.